The Morgan fingerprint density at radius 3 is 2.38 bits per heavy atom. The normalized spacial score (nSPS) is 18.4. The fourth-order valence-electron chi connectivity index (χ4n) is 4.68. The summed E-state index contributed by atoms with van der Waals surface area (Å²) < 4.78 is 40.2. The van der Waals surface area contributed by atoms with Crippen LogP contribution in [0.2, 0.25) is 15.1 Å². The molecule has 2 heterocycles. The van der Waals surface area contributed by atoms with E-state index in [1.165, 1.54) is 16.4 Å². The van der Waals surface area contributed by atoms with Crippen LogP contribution < -0.4 is 10.1 Å². The van der Waals surface area contributed by atoms with Crippen molar-refractivity contribution in [3.8, 4) is 11.5 Å². The maximum atomic E-state index is 13.5. The van der Waals surface area contributed by atoms with Gasteiger partial charge in [-0.1, -0.05) is 47.3 Å². The summed E-state index contributed by atoms with van der Waals surface area (Å²) in [6.07, 6.45) is 2.24. The van der Waals surface area contributed by atoms with Gasteiger partial charge in [0.25, 0.3) is 0 Å². The lowest BCUT2D eigenvalue weighted by Gasteiger charge is -2.33. The monoisotopic (exact) mass is 623 g/mol. The van der Waals surface area contributed by atoms with Crippen LogP contribution in [0.25, 0.3) is 0 Å². The van der Waals surface area contributed by atoms with Gasteiger partial charge in [-0.05, 0) is 73.0 Å². The molecule has 0 bridgehead atoms. The van der Waals surface area contributed by atoms with Crippen LogP contribution in [0.5, 0.6) is 11.5 Å². The van der Waals surface area contributed by atoms with E-state index in [-0.39, 0.29) is 17.1 Å². The molecule has 3 aromatic carbocycles. The minimum atomic E-state index is -3.74. The molecule has 8 nitrogen and oxygen atoms in total. The first-order valence-corrected chi connectivity index (χ1v) is 15.5. The fraction of sp³-hybridized carbons (Fsp3) is 0.321. The Balaban J connectivity index is 1.40. The maximum Gasteiger partial charge on any atom is 0.322 e. The molecule has 0 aromatic heterocycles. The SMILES string of the molecule is O=C(Nc1cc(S(=O)(=O)N2CCCCC2)ccc1Oc1ccc(Cl)cc1)N1CCOC(c2ccc(Cl)c(Cl)c2)C1. The third-order valence-corrected chi connectivity index (χ3v) is 9.74. The Kier molecular flexibility index (Phi) is 9.09. The van der Waals surface area contributed by atoms with E-state index in [4.69, 9.17) is 44.3 Å². The molecule has 5 rings (SSSR count). The zero-order valence-electron chi connectivity index (χ0n) is 21.5. The number of urea groups is 1. The van der Waals surface area contributed by atoms with Gasteiger partial charge >= 0.3 is 6.03 Å². The lowest BCUT2D eigenvalue weighted by Crippen LogP contribution is -2.44. The summed E-state index contributed by atoms with van der Waals surface area (Å²) in [7, 11) is -3.74. The number of nitrogens with zero attached hydrogens (tertiary/aromatic N) is 2. The average molecular weight is 625 g/mol. The molecule has 12 heteroatoms. The largest absolute Gasteiger partial charge is 0.455 e. The molecular weight excluding hydrogens is 597 g/mol. The molecule has 2 amide bonds. The molecule has 0 aliphatic carbocycles. The summed E-state index contributed by atoms with van der Waals surface area (Å²) in [5, 5.41) is 4.26. The number of rotatable bonds is 6. The molecule has 212 valence electrons. The van der Waals surface area contributed by atoms with Crippen molar-refractivity contribution in [2.24, 2.45) is 0 Å². The first kappa shape index (κ1) is 29.0. The summed E-state index contributed by atoms with van der Waals surface area (Å²) in [4.78, 5) is 15.1. The summed E-state index contributed by atoms with van der Waals surface area (Å²) in [6.45, 7) is 1.87. The highest BCUT2D eigenvalue weighted by molar-refractivity contribution is 7.89. The van der Waals surface area contributed by atoms with Gasteiger partial charge in [-0.2, -0.15) is 4.31 Å². The standard InChI is InChI=1S/C28H28Cl3N3O5S/c29-20-5-7-21(8-6-20)39-26-11-9-22(40(36,37)34-12-2-1-3-13-34)17-25(26)32-28(35)33-14-15-38-27(18-33)19-4-10-23(30)24(31)16-19/h4-11,16-17,27H,1-3,12-15,18H2,(H,32,35). The van der Waals surface area contributed by atoms with E-state index in [9.17, 15) is 13.2 Å². The number of hydrogen-bond donors (Lipinski definition) is 1. The van der Waals surface area contributed by atoms with Crippen LogP contribution in [0.1, 0.15) is 30.9 Å². The van der Waals surface area contributed by atoms with E-state index in [1.54, 1.807) is 47.4 Å². The van der Waals surface area contributed by atoms with Crippen molar-refractivity contribution >= 4 is 56.5 Å². The second-order valence-corrected chi connectivity index (χ2v) is 12.8. The number of nitrogens with one attached hydrogen (secondary N) is 1. The topological polar surface area (TPSA) is 88.2 Å². The van der Waals surface area contributed by atoms with Gasteiger partial charge in [0.05, 0.1) is 33.8 Å². The number of piperidine rings is 1. The van der Waals surface area contributed by atoms with Crippen LogP contribution in [0.3, 0.4) is 0 Å². The number of hydrogen-bond acceptors (Lipinski definition) is 5. The van der Waals surface area contributed by atoms with Crippen molar-refractivity contribution < 1.29 is 22.7 Å². The molecule has 2 aliphatic rings. The van der Waals surface area contributed by atoms with E-state index in [0.29, 0.717) is 52.8 Å². The van der Waals surface area contributed by atoms with Crippen LogP contribution >= 0.6 is 34.8 Å². The summed E-state index contributed by atoms with van der Waals surface area (Å²) >= 11 is 18.2. The Labute approximate surface area is 248 Å². The quantitative estimate of drug-likeness (QED) is 0.313. The highest BCUT2D eigenvalue weighted by atomic mass is 35.5. The number of amides is 2. The Bertz CT molecular complexity index is 1480. The molecule has 2 aliphatic heterocycles. The van der Waals surface area contributed by atoms with E-state index >= 15 is 0 Å². The third kappa shape index (κ3) is 6.67. The van der Waals surface area contributed by atoms with Crippen LogP contribution in [0.4, 0.5) is 10.5 Å². The molecular formula is C28H28Cl3N3O5S. The molecule has 1 atom stereocenters. The number of anilines is 1. The van der Waals surface area contributed by atoms with Gasteiger partial charge in [-0.25, -0.2) is 13.2 Å². The predicted octanol–water partition coefficient (Wildman–Crippen LogP) is 7.22. The lowest BCUT2D eigenvalue weighted by atomic mass is 10.1. The number of halogens is 3. The Hall–Kier alpha value is -2.53. The van der Waals surface area contributed by atoms with Gasteiger partial charge in [0, 0.05) is 24.7 Å². The van der Waals surface area contributed by atoms with Gasteiger partial charge in [-0.3, -0.25) is 0 Å². The maximum absolute atomic E-state index is 13.5. The van der Waals surface area contributed by atoms with Crippen molar-refractivity contribution in [3.63, 3.8) is 0 Å². The van der Waals surface area contributed by atoms with E-state index < -0.39 is 22.2 Å². The number of carbonyl (C=O) groups excluding carboxylic acids is 1. The predicted molar refractivity (Wildman–Crippen MR) is 156 cm³/mol. The number of carbonyl (C=O) groups is 1. The van der Waals surface area contributed by atoms with Crippen molar-refractivity contribution in [1.29, 1.82) is 0 Å². The summed E-state index contributed by atoms with van der Waals surface area (Å²) in [5.74, 6) is 0.778. The summed E-state index contributed by atoms with van der Waals surface area (Å²) in [6, 6.07) is 16.1. The molecule has 1 unspecified atom stereocenters. The molecule has 1 N–H and O–H groups in total. The Morgan fingerprint density at radius 1 is 0.900 bits per heavy atom. The van der Waals surface area contributed by atoms with Gasteiger partial charge in [0.1, 0.15) is 11.9 Å². The fourth-order valence-corrected chi connectivity index (χ4v) is 6.66. The zero-order valence-corrected chi connectivity index (χ0v) is 24.6. The average Bonchev–Trinajstić information content (AvgIpc) is 2.97. The number of ether oxygens (including phenoxy) is 2. The minimum Gasteiger partial charge on any atom is -0.455 e. The van der Waals surface area contributed by atoms with Gasteiger partial charge < -0.3 is 19.7 Å². The van der Waals surface area contributed by atoms with E-state index in [0.717, 1.165) is 24.8 Å². The van der Waals surface area contributed by atoms with Crippen LogP contribution in [0, 0.1) is 0 Å². The molecule has 0 spiro atoms. The van der Waals surface area contributed by atoms with Gasteiger partial charge in [0.15, 0.2) is 5.75 Å². The number of morpholine rings is 1. The molecule has 2 saturated heterocycles. The number of benzene rings is 3. The first-order chi connectivity index (χ1) is 19.2. The zero-order chi connectivity index (χ0) is 28.3. The molecule has 40 heavy (non-hydrogen) atoms. The third-order valence-electron chi connectivity index (χ3n) is 6.86. The summed E-state index contributed by atoms with van der Waals surface area (Å²) in [5.41, 5.74) is 1.03. The molecule has 0 saturated carbocycles. The van der Waals surface area contributed by atoms with Gasteiger partial charge in [-0.15, -0.1) is 0 Å². The van der Waals surface area contributed by atoms with Gasteiger partial charge in [0.2, 0.25) is 10.0 Å². The lowest BCUT2D eigenvalue weighted by molar-refractivity contribution is -0.0135. The van der Waals surface area contributed by atoms with E-state index in [1.807, 2.05) is 6.07 Å². The highest BCUT2D eigenvalue weighted by Gasteiger charge is 2.29. The Morgan fingerprint density at radius 2 is 1.65 bits per heavy atom. The highest BCUT2D eigenvalue weighted by Crippen LogP contribution is 2.35. The van der Waals surface area contributed by atoms with E-state index in [2.05, 4.69) is 5.32 Å². The van der Waals surface area contributed by atoms with Crippen LogP contribution in [-0.4, -0.2) is 56.4 Å². The van der Waals surface area contributed by atoms with Crippen molar-refractivity contribution in [1.82, 2.24) is 9.21 Å². The molecule has 2 fully saturated rings. The van der Waals surface area contributed by atoms with Crippen molar-refractivity contribution in [2.75, 3.05) is 38.1 Å². The first-order valence-electron chi connectivity index (χ1n) is 12.9. The number of sulfonamides is 1. The van der Waals surface area contributed by atoms with Crippen molar-refractivity contribution in [3.05, 3.63) is 81.3 Å². The van der Waals surface area contributed by atoms with Crippen LogP contribution in [0.15, 0.2) is 65.6 Å². The molecule has 3 aromatic rings. The van der Waals surface area contributed by atoms with Crippen molar-refractivity contribution in [2.45, 2.75) is 30.3 Å². The van der Waals surface area contributed by atoms with Crippen LogP contribution in [-0.2, 0) is 14.8 Å². The second-order valence-electron chi connectivity index (χ2n) is 9.59. The molecule has 0 radical (unpaired) electrons. The second kappa shape index (κ2) is 12.5. The smallest absolute Gasteiger partial charge is 0.322 e. The minimum absolute atomic E-state index is 0.0869.